The van der Waals surface area contributed by atoms with Crippen LogP contribution in [0.15, 0.2) is 97.3 Å². The Bertz CT molecular complexity index is 2150. The second-order valence-corrected chi connectivity index (χ2v) is 15.3. The van der Waals surface area contributed by atoms with Gasteiger partial charge in [-0.3, -0.25) is 14.6 Å². The molecule has 0 aliphatic heterocycles. The van der Waals surface area contributed by atoms with Gasteiger partial charge in [-0.2, -0.15) is 0 Å². The number of carbonyl (C=O) groups is 2. The molecule has 2 aliphatic carbocycles. The second-order valence-electron chi connectivity index (χ2n) is 14.9. The average molecular weight is 883 g/mol. The summed E-state index contributed by atoms with van der Waals surface area (Å²) in [6, 6.07) is 26.7. The number of para-hydroxylation sites is 2. The molecule has 2 saturated carbocycles. The van der Waals surface area contributed by atoms with Crippen molar-refractivity contribution in [2.24, 2.45) is 0 Å². The number of aromatic nitrogens is 4. The Morgan fingerprint density at radius 2 is 1.08 bits per heavy atom. The average Bonchev–Trinajstić information content (AvgIpc) is 3.21. The molecular formula is C48H57ClN6O4Zn. The summed E-state index contributed by atoms with van der Waals surface area (Å²) in [6.45, 7) is 1.97. The Hall–Kier alpha value is -4.67. The van der Waals surface area contributed by atoms with Crippen LogP contribution in [0.5, 0.6) is 0 Å². The molecule has 10 nitrogen and oxygen atoms in total. The normalized spacial score (nSPS) is 18.2. The number of halogens is 1. The zero-order valence-corrected chi connectivity index (χ0v) is 37.9. The van der Waals surface area contributed by atoms with Gasteiger partial charge in [-0.25, -0.2) is 15.0 Å². The third-order valence-electron chi connectivity index (χ3n) is 10.7. The number of aryl methyl sites for hydroxylation is 1. The van der Waals surface area contributed by atoms with Crippen molar-refractivity contribution in [1.82, 2.24) is 30.6 Å². The minimum atomic E-state index is -0.488. The summed E-state index contributed by atoms with van der Waals surface area (Å²) in [4.78, 5) is 43.3. The van der Waals surface area contributed by atoms with Gasteiger partial charge < -0.3 is 35.7 Å². The van der Waals surface area contributed by atoms with Gasteiger partial charge in [-0.05, 0) is 104 Å². The standard InChI is InChI=1S/C23H25N3O2.C22H22ClN3O2.CH4.2CH3.Zn/c1-15-10-11-16(14-24-15)12-17-13-21(25-19-7-3-2-6-18(17)19)23(28)26-20-8-4-5-9-22(20)27;23-21-10-9-14(13-24-21)11-15-12-19(25-17-6-2-1-5-16(15)17)22(28)26-18-7-3-4-8-20(18)27;;;;/h2-3,6-7,10-11,13-14,20,22,27H,4-5,8-9,12H2,1H3,(H,26,28);1-2,5-6,9-10,12-13,18,20,27H,3-4,7-8,11H2,(H,26,28);1H4;2*1H3;/q;;;2*-1;+2/t20-,22-;18-,20-;;;;/m00..../s1. The van der Waals surface area contributed by atoms with E-state index in [0.29, 0.717) is 29.4 Å². The molecule has 0 saturated heterocycles. The van der Waals surface area contributed by atoms with E-state index in [9.17, 15) is 19.8 Å². The molecule has 2 aliphatic rings. The summed E-state index contributed by atoms with van der Waals surface area (Å²) in [5.74, 6) is -0.466. The number of aliphatic hydroxyl groups is 2. The first-order valence-corrected chi connectivity index (χ1v) is 19.8. The van der Waals surface area contributed by atoms with Gasteiger partial charge >= 0.3 is 19.5 Å². The number of amides is 2. The van der Waals surface area contributed by atoms with Crippen LogP contribution < -0.4 is 10.6 Å². The first-order chi connectivity index (χ1) is 27.2. The van der Waals surface area contributed by atoms with Crippen LogP contribution in [-0.2, 0) is 32.3 Å². The first kappa shape index (κ1) is 49.7. The molecule has 0 radical (unpaired) electrons. The SMILES string of the molecule is C.Cc1ccc(Cc2cc(C(=O)N[C@H]3CCCC[C@@H]3O)nc3ccccc23)cn1.O=C(N[C@H]1CCCC[C@@H]1O)c1cc(Cc2ccc(Cl)nc2)c2ccccc2n1.[CH3-].[CH3-].[Zn+2]. The first-order valence-electron chi connectivity index (χ1n) is 19.5. The molecule has 2 fully saturated rings. The number of rotatable bonds is 8. The largest absolute Gasteiger partial charge is 2.00 e. The van der Waals surface area contributed by atoms with Crippen LogP contribution in [0.25, 0.3) is 21.8 Å². The van der Waals surface area contributed by atoms with E-state index in [0.717, 1.165) is 101 Å². The molecule has 4 heterocycles. The fraction of sp³-hybridized carbons (Fsp3) is 0.333. The van der Waals surface area contributed by atoms with Crippen molar-refractivity contribution in [3.63, 3.8) is 0 Å². The van der Waals surface area contributed by atoms with Crippen LogP contribution in [0.1, 0.15) is 108 Å². The van der Waals surface area contributed by atoms with Gasteiger partial charge in [0.05, 0.1) is 35.3 Å². The predicted octanol–water partition coefficient (Wildman–Crippen LogP) is 9.00. The van der Waals surface area contributed by atoms with E-state index >= 15 is 0 Å². The molecule has 0 spiro atoms. The van der Waals surface area contributed by atoms with Crippen molar-refractivity contribution in [3.05, 3.63) is 157 Å². The molecule has 0 bridgehead atoms. The summed E-state index contributed by atoms with van der Waals surface area (Å²) < 4.78 is 0. The van der Waals surface area contributed by atoms with E-state index in [-0.39, 0.29) is 65.7 Å². The molecule has 60 heavy (non-hydrogen) atoms. The smallest absolute Gasteiger partial charge is 0.391 e. The van der Waals surface area contributed by atoms with Crippen LogP contribution in [0.2, 0.25) is 5.15 Å². The zero-order chi connectivity index (χ0) is 39.0. The predicted molar refractivity (Wildman–Crippen MR) is 238 cm³/mol. The van der Waals surface area contributed by atoms with Crippen molar-refractivity contribution in [1.29, 1.82) is 0 Å². The summed E-state index contributed by atoms with van der Waals surface area (Å²) in [5.41, 5.74) is 7.47. The third kappa shape index (κ3) is 12.7. The van der Waals surface area contributed by atoms with Crippen molar-refractivity contribution in [2.45, 2.75) is 103 Å². The molecule has 4 N–H and O–H groups in total. The number of hydrogen-bond donors (Lipinski definition) is 4. The van der Waals surface area contributed by atoms with Gasteiger partial charge in [0.2, 0.25) is 0 Å². The summed E-state index contributed by atoms with van der Waals surface area (Å²) in [5, 5.41) is 28.8. The Kier molecular flexibility index (Phi) is 19.4. The molecule has 6 aromatic rings. The molecule has 0 unspecified atom stereocenters. The van der Waals surface area contributed by atoms with Crippen LogP contribution in [-0.4, -0.2) is 66.3 Å². The number of pyridine rings is 4. The Morgan fingerprint density at radius 3 is 1.50 bits per heavy atom. The molecular weight excluding hydrogens is 825 g/mol. The van der Waals surface area contributed by atoms with Crippen LogP contribution in [0, 0.1) is 21.8 Å². The van der Waals surface area contributed by atoms with Crippen LogP contribution in [0.3, 0.4) is 0 Å². The minimum absolute atomic E-state index is 0. The zero-order valence-electron chi connectivity index (χ0n) is 34.2. The van der Waals surface area contributed by atoms with Crippen molar-refractivity contribution < 1.29 is 39.3 Å². The Labute approximate surface area is 372 Å². The third-order valence-corrected chi connectivity index (χ3v) is 10.9. The van der Waals surface area contributed by atoms with E-state index in [1.165, 1.54) is 0 Å². The number of hydrogen-bond acceptors (Lipinski definition) is 8. The van der Waals surface area contributed by atoms with E-state index in [1.54, 1.807) is 12.3 Å². The fourth-order valence-electron chi connectivity index (χ4n) is 7.62. The van der Waals surface area contributed by atoms with E-state index in [4.69, 9.17) is 11.6 Å². The maximum absolute atomic E-state index is 12.9. The van der Waals surface area contributed by atoms with E-state index < -0.39 is 12.2 Å². The topological polar surface area (TPSA) is 150 Å². The number of carbonyl (C=O) groups excluding carboxylic acids is 2. The van der Waals surface area contributed by atoms with Gasteiger partial charge in [-0.1, -0.05) is 93.2 Å². The summed E-state index contributed by atoms with van der Waals surface area (Å²) >= 11 is 5.89. The Balaban J connectivity index is 0.000000300. The molecule has 4 aromatic heterocycles. The number of aliphatic hydroxyl groups excluding tert-OH is 2. The fourth-order valence-corrected chi connectivity index (χ4v) is 7.73. The minimum Gasteiger partial charge on any atom is -0.391 e. The number of nitrogens with zero attached hydrogens (tertiary/aromatic N) is 4. The van der Waals surface area contributed by atoms with E-state index in [1.807, 2.05) is 85.9 Å². The molecule has 4 atom stereocenters. The molecule has 12 heteroatoms. The number of nitrogens with one attached hydrogen (secondary N) is 2. The van der Waals surface area contributed by atoms with Gasteiger partial charge in [0.1, 0.15) is 16.5 Å². The Morgan fingerprint density at radius 1 is 0.650 bits per heavy atom. The second kappa shape index (κ2) is 23.4. The summed E-state index contributed by atoms with van der Waals surface area (Å²) in [7, 11) is 0. The van der Waals surface area contributed by atoms with Crippen molar-refractivity contribution >= 4 is 45.2 Å². The maximum Gasteiger partial charge on any atom is 2.00 e. The van der Waals surface area contributed by atoms with Crippen LogP contribution in [0.4, 0.5) is 0 Å². The quantitative estimate of drug-likeness (QED) is 0.0673. The van der Waals surface area contributed by atoms with Gasteiger partial charge in [-0.15, -0.1) is 0 Å². The summed E-state index contributed by atoms with van der Waals surface area (Å²) in [6.07, 6.45) is 11.1. The van der Waals surface area contributed by atoms with E-state index in [2.05, 4.69) is 36.6 Å². The maximum atomic E-state index is 12.9. The molecule has 312 valence electrons. The monoisotopic (exact) mass is 880 g/mol. The van der Waals surface area contributed by atoms with Gasteiger partial charge in [0.25, 0.3) is 11.8 Å². The number of fused-ring (bicyclic) bond motifs is 2. The molecule has 8 rings (SSSR count). The van der Waals surface area contributed by atoms with Crippen molar-refractivity contribution in [3.8, 4) is 0 Å². The van der Waals surface area contributed by atoms with Gasteiger partial charge in [0, 0.05) is 28.9 Å². The molecule has 2 amide bonds. The number of benzene rings is 2. The van der Waals surface area contributed by atoms with Crippen LogP contribution >= 0.6 is 11.6 Å². The van der Waals surface area contributed by atoms with Gasteiger partial charge in [0.15, 0.2) is 0 Å². The van der Waals surface area contributed by atoms with Crippen molar-refractivity contribution in [2.75, 3.05) is 0 Å². The molecule has 2 aromatic carbocycles.